The van der Waals surface area contributed by atoms with E-state index in [0.717, 1.165) is 13.1 Å². The summed E-state index contributed by atoms with van der Waals surface area (Å²) in [5.74, 6) is 0. The maximum absolute atomic E-state index is 3.49. The van der Waals surface area contributed by atoms with Gasteiger partial charge in [-0.3, -0.25) is 0 Å². The first kappa shape index (κ1) is 11.9. The second-order valence-electron chi connectivity index (χ2n) is 4.10. The van der Waals surface area contributed by atoms with Crippen molar-refractivity contribution in [2.24, 2.45) is 0 Å². The largest absolute Gasteiger partial charge is 0.312 e. The Balaban J connectivity index is 3.59. The number of hydrogen-bond acceptors (Lipinski definition) is 2. The van der Waals surface area contributed by atoms with Gasteiger partial charge in [0.2, 0.25) is 0 Å². The molecule has 2 N–H and O–H groups in total. The standard InChI is InChI=1S/C10H24N2/c1-6-9(3)11-8-10(4,5)12-7-2/h9,11-12H,6-8H2,1-5H3. The molecule has 74 valence electrons. The van der Waals surface area contributed by atoms with Gasteiger partial charge in [-0.1, -0.05) is 13.8 Å². The van der Waals surface area contributed by atoms with Gasteiger partial charge in [0.25, 0.3) is 0 Å². The summed E-state index contributed by atoms with van der Waals surface area (Å²) in [5.41, 5.74) is 0.220. The average Bonchev–Trinajstić information content (AvgIpc) is 2.00. The van der Waals surface area contributed by atoms with E-state index in [-0.39, 0.29) is 5.54 Å². The molecule has 1 atom stereocenters. The van der Waals surface area contributed by atoms with Crippen LogP contribution in [-0.4, -0.2) is 24.7 Å². The predicted octanol–water partition coefficient (Wildman–Crippen LogP) is 1.76. The van der Waals surface area contributed by atoms with Crippen LogP contribution in [-0.2, 0) is 0 Å². The van der Waals surface area contributed by atoms with Gasteiger partial charge in [0.05, 0.1) is 0 Å². The summed E-state index contributed by atoms with van der Waals surface area (Å²) in [6.45, 7) is 13.1. The van der Waals surface area contributed by atoms with Crippen LogP contribution in [0.2, 0.25) is 0 Å². The molecule has 12 heavy (non-hydrogen) atoms. The van der Waals surface area contributed by atoms with Gasteiger partial charge in [0, 0.05) is 18.1 Å². The van der Waals surface area contributed by atoms with Crippen molar-refractivity contribution < 1.29 is 0 Å². The smallest absolute Gasteiger partial charge is 0.0249 e. The van der Waals surface area contributed by atoms with Crippen LogP contribution in [0.5, 0.6) is 0 Å². The van der Waals surface area contributed by atoms with E-state index in [4.69, 9.17) is 0 Å². The van der Waals surface area contributed by atoms with Gasteiger partial charge in [-0.2, -0.15) is 0 Å². The molecule has 0 heterocycles. The quantitative estimate of drug-likeness (QED) is 0.638. The van der Waals surface area contributed by atoms with Crippen LogP contribution in [0.15, 0.2) is 0 Å². The Bertz CT molecular complexity index is 110. The Hall–Kier alpha value is -0.0800. The first-order valence-corrected chi connectivity index (χ1v) is 5.00. The number of nitrogens with one attached hydrogen (secondary N) is 2. The molecule has 0 aromatic carbocycles. The topological polar surface area (TPSA) is 24.1 Å². The molecular formula is C10H24N2. The van der Waals surface area contributed by atoms with E-state index in [1.807, 2.05) is 0 Å². The van der Waals surface area contributed by atoms with Crippen LogP contribution in [0.25, 0.3) is 0 Å². The van der Waals surface area contributed by atoms with E-state index >= 15 is 0 Å². The molecule has 2 nitrogen and oxygen atoms in total. The van der Waals surface area contributed by atoms with Gasteiger partial charge in [0.15, 0.2) is 0 Å². The van der Waals surface area contributed by atoms with Gasteiger partial charge < -0.3 is 10.6 Å². The summed E-state index contributed by atoms with van der Waals surface area (Å²) >= 11 is 0. The monoisotopic (exact) mass is 172 g/mol. The fourth-order valence-electron chi connectivity index (χ4n) is 1.11. The summed E-state index contributed by atoms with van der Waals surface area (Å²) in [5, 5.41) is 6.93. The second-order valence-corrected chi connectivity index (χ2v) is 4.10. The first-order chi connectivity index (χ1) is 5.52. The third-order valence-electron chi connectivity index (χ3n) is 2.16. The molecule has 0 aromatic heterocycles. The Morgan fingerprint density at radius 3 is 2.25 bits per heavy atom. The summed E-state index contributed by atoms with van der Waals surface area (Å²) in [7, 11) is 0. The fourth-order valence-corrected chi connectivity index (χ4v) is 1.11. The molecule has 0 aromatic rings. The highest BCUT2D eigenvalue weighted by Crippen LogP contribution is 2.00. The zero-order valence-corrected chi connectivity index (χ0v) is 9.20. The molecule has 0 spiro atoms. The van der Waals surface area contributed by atoms with Crippen molar-refractivity contribution in [2.45, 2.75) is 52.6 Å². The molecule has 0 aliphatic rings. The highest BCUT2D eigenvalue weighted by molar-refractivity contribution is 4.80. The van der Waals surface area contributed by atoms with Crippen molar-refractivity contribution in [2.75, 3.05) is 13.1 Å². The van der Waals surface area contributed by atoms with E-state index in [1.54, 1.807) is 0 Å². The Labute approximate surface area is 77.1 Å². The normalized spacial score (nSPS) is 14.8. The van der Waals surface area contributed by atoms with Gasteiger partial charge in [-0.25, -0.2) is 0 Å². The van der Waals surface area contributed by atoms with Crippen molar-refractivity contribution in [1.82, 2.24) is 10.6 Å². The number of likely N-dealkylation sites (N-methyl/N-ethyl adjacent to an activating group) is 1. The van der Waals surface area contributed by atoms with E-state index in [0.29, 0.717) is 6.04 Å². The van der Waals surface area contributed by atoms with E-state index in [1.165, 1.54) is 6.42 Å². The fraction of sp³-hybridized carbons (Fsp3) is 1.00. The van der Waals surface area contributed by atoms with Crippen LogP contribution in [0.4, 0.5) is 0 Å². The van der Waals surface area contributed by atoms with Crippen molar-refractivity contribution in [1.29, 1.82) is 0 Å². The molecule has 0 aliphatic carbocycles. The third kappa shape index (κ3) is 5.56. The molecule has 0 amide bonds. The van der Waals surface area contributed by atoms with Gasteiger partial charge in [0.1, 0.15) is 0 Å². The maximum Gasteiger partial charge on any atom is 0.0249 e. The molecule has 0 aliphatic heterocycles. The zero-order chi connectivity index (χ0) is 9.61. The SMILES string of the molecule is CCNC(C)(C)CNC(C)CC. The average molecular weight is 172 g/mol. The summed E-state index contributed by atoms with van der Waals surface area (Å²) in [4.78, 5) is 0. The maximum atomic E-state index is 3.49. The first-order valence-electron chi connectivity index (χ1n) is 5.00. The van der Waals surface area contributed by atoms with Crippen molar-refractivity contribution in [3.8, 4) is 0 Å². The minimum atomic E-state index is 0.220. The minimum Gasteiger partial charge on any atom is -0.312 e. The Kier molecular flexibility index (Phi) is 5.51. The number of rotatable bonds is 6. The summed E-state index contributed by atoms with van der Waals surface area (Å²) < 4.78 is 0. The third-order valence-corrected chi connectivity index (χ3v) is 2.16. The molecule has 0 fully saturated rings. The van der Waals surface area contributed by atoms with E-state index in [2.05, 4.69) is 45.3 Å². The van der Waals surface area contributed by atoms with Gasteiger partial charge in [-0.15, -0.1) is 0 Å². The minimum absolute atomic E-state index is 0.220. The van der Waals surface area contributed by atoms with Crippen LogP contribution >= 0.6 is 0 Å². The highest BCUT2D eigenvalue weighted by atomic mass is 15.0. The molecule has 0 bridgehead atoms. The van der Waals surface area contributed by atoms with Crippen molar-refractivity contribution >= 4 is 0 Å². The highest BCUT2D eigenvalue weighted by Gasteiger charge is 2.15. The predicted molar refractivity (Wildman–Crippen MR) is 55.5 cm³/mol. The van der Waals surface area contributed by atoms with Crippen LogP contribution < -0.4 is 10.6 Å². The molecule has 2 heteroatoms. The number of hydrogen-bond donors (Lipinski definition) is 2. The lowest BCUT2D eigenvalue weighted by Crippen LogP contribution is -2.49. The van der Waals surface area contributed by atoms with Crippen LogP contribution in [0.1, 0.15) is 41.0 Å². The lowest BCUT2D eigenvalue weighted by molar-refractivity contribution is 0.353. The molecule has 0 rings (SSSR count). The van der Waals surface area contributed by atoms with Crippen molar-refractivity contribution in [3.05, 3.63) is 0 Å². The Morgan fingerprint density at radius 2 is 1.83 bits per heavy atom. The molecule has 0 radical (unpaired) electrons. The zero-order valence-electron chi connectivity index (χ0n) is 9.20. The summed E-state index contributed by atoms with van der Waals surface area (Å²) in [6.07, 6.45) is 1.20. The van der Waals surface area contributed by atoms with Crippen LogP contribution in [0.3, 0.4) is 0 Å². The van der Waals surface area contributed by atoms with E-state index < -0.39 is 0 Å². The molecule has 1 unspecified atom stereocenters. The van der Waals surface area contributed by atoms with E-state index in [9.17, 15) is 0 Å². The summed E-state index contributed by atoms with van der Waals surface area (Å²) in [6, 6.07) is 0.628. The molecular weight excluding hydrogens is 148 g/mol. The second kappa shape index (κ2) is 5.55. The lowest BCUT2D eigenvalue weighted by Gasteiger charge is -2.27. The Morgan fingerprint density at radius 1 is 1.25 bits per heavy atom. The van der Waals surface area contributed by atoms with Gasteiger partial charge >= 0.3 is 0 Å². The lowest BCUT2D eigenvalue weighted by atomic mass is 10.1. The molecule has 0 saturated heterocycles. The molecule has 0 saturated carbocycles. The van der Waals surface area contributed by atoms with Crippen molar-refractivity contribution in [3.63, 3.8) is 0 Å². The van der Waals surface area contributed by atoms with Gasteiger partial charge in [-0.05, 0) is 33.7 Å². The van der Waals surface area contributed by atoms with Crippen LogP contribution in [0, 0.1) is 0 Å².